The van der Waals surface area contributed by atoms with Crippen LogP contribution in [0.25, 0.3) is 0 Å². The summed E-state index contributed by atoms with van der Waals surface area (Å²) < 4.78 is 0. The summed E-state index contributed by atoms with van der Waals surface area (Å²) in [7, 11) is 0. The third-order valence-corrected chi connectivity index (χ3v) is 12.0. The molecule has 0 amide bonds. The number of anilines is 5. The van der Waals surface area contributed by atoms with Gasteiger partial charge in [0.2, 0.25) is 0 Å². The summed E-state index contributed by atoms with van der Waals surface area (Å²) in [5.74, 6) is 0. The molecule has 0 bridgehead atoms. The number of rotatable bonds is 1. The lowest BCUT2D eigenvalue weighted by Gasteiger charge is -2.52. The van der Waals surface area contributed by atoms with Crippen LogP contribution in [0.1, 0.15) is 103 Å². The van der Waals surface area contributed by atoms with Crippen LogP contribution < -0.4 is 26.2 Å². The molecule has 4 aromatic rings. The van der Waals surface area contributed by atoms with Crippen LogP contribution in [0.4, 0.5) is 28.4 Å². The topological polar surface area (TPSA) is 6.48 Å². The van der Waals surface area contributed by atoms with E-state index in [1.54, 1.807) is 5.56 Å². The summed E-state index contributed by atoms with van der Waals surface area (Å²) in [6.45, 7) is 21.6. The first kappa shape index (κ1) is 28.0. The van der Waals surface area contributed by atoms with E-state index >= 15 is 0 Å². The Labute approximate surface area is 265 Å². The molecule has 2 unspecified atom stereocenters. The van der Waals surface area contributed by atoms with E-state index in [0.717, 1.165) is 0 Å². The van der Waals surface area contributed by atoms with Crippen LogP contribution in [0.2, 0.25) is 0 Å². The Kier molecular flexibility index (Phi) is 5.63. The molecule has 8 rings (SSSR count). The van der Waals surface area contributed by atoms with Crippen LogP contribution in [0.15, 0.2) is 72.8 Å². The molecule has 44 heavy (non-hydrogen) atoms. The lowest BCUT2D eigenvalue weighted by molar-refractivity contribution is 0.195. The van der Waals surface area contributed by atoms with Crippen molar-refractivity contribution < 1.29 is 0 Å². The highest BCUT2D eigenvalue weighted by molar-refractivity contribution is 7.00. The monoisotopic (exact) mass is 578 g/mol. The van der Waals surface area contributed by atoms with Gasteiger partial charge in [0, 0.05) is 33.9 Å². The Bertz CT molecular complexity index is 1840. The average Bonchev–Trinajstić information content (AvgIpc) is 3.18. The van der Waals surface area contributed by atoms with Crippen molar-refractivity contribution in [2.24, 2.45) is 0 Å². The number of hydrogen-bond acceptors (Lipinski definition) is 2. The lowest BCUT2D eigenvalue weighted by Crippen LogP contribution is -2.64. The second kappa shape index (κ2) is 8.84. The van der Waals surface area contributed by atoms with Crippen LogP contribution in [0.3, 0.4) is 0 Å². The molecule has 0 spiro atoms. The van der Waals surface area contributed by atoms with E-state index in [9.17, 15) is 0 Å². The van der Waals surface area contributed by atoms with Gasteiger partial charge in [0.1, 0.15) is 0 Å². The summed E-state index contributed by atoms with van der Waals surface area (Å²) in [6.07, 6.45) is 5.10. The van der Waals surface area contributed by atoms with Gasteiger partial charge in [-0.25, -0.2) is 0 Å². The summed E-state index contributed by atoms with van der Waals surface area (Å²) >= 11 is 0. The Balaban J connectivity index is 1.45. The molecule has 0 aromatic heterocycles. The minimum Gasteiger partial charge on any atom is -0.335 e. The molecule has 3 aliphatic heterocycles. The fraction of sp³-hybridized carbons (Fsp3) is 0.415. The highest BCUT2D eigenvalue weighted by Gasteiger charge is 2.61. The third-order valence-electron chi connectivity index (χ3n) is 12.0. The lowest BCUT2D eigenvalue weighted by atomic mass is 9.33. The smallest absolute Gasteiger partial charge is 0.252 e. The van der Waals surface area contributed by atoms with E-state index in [1.165, 1.54) is 87.2 Å². The molecule has 3 heteroatoms. The number of benzene rings is 4. The molecule has 0 saturated heterocycles. The molecule has 1 aliphatic carbocycles. The molecule has 0 N–H and O–H groups in total. The SMILES string of the molecule is Cc1cc2c3c(c1)C1(C)CCCCC1(C)N3c1cccc3c1B2c1cc(C(C)(C)C)ccc1N3c1ccc(C(C)(C)C)cc1. The normalized spacial score (nSPS) is 23.2. The Morgan fingerprint density at radius 1 is 0.682 bits per heavy atom. The third kappa shape index (κ3) is 3.56. The van der Waals surface area contributed by atoms with Gasteiger partial charge in [0.25, 0.3) is 6.71 Å². The van der Waals surface area contributed by atoms with Crippen molar-refractivity contribution in [3.8, 4) is 0 Å². The van der Waals surface area contributed by atoms with Gasteiger partial charge < -0.3 is 9.80 Å². The Morgan fingerprint density at radius 2 is 1.34 bits per heavy atom. The zero-order valence-corrected chi connectivity index (χ0v) is 28.2. The minimum atomic E-state index is 0.0585. The van der Waals surface area contributed by atoms with Crippen molar-refractivity contribution in [2.75, 3.05) is 9.80 Å². The van der Waals surface area contributed by atoms with E-state index in [4.69, 9.17) is 0 Å². The fourth-order valence-electron chi connectivity index (χ4n) is 9.29. The van der Waals surface area contributed by atoms with Gasteiger partial charge in [-0.05, 0) is 101 Å². The Hall–Kier alpha value is -3.46. The average molecular weight is 579 g/mol. The summed E-state index contributed by atoms with van der Waals surface area (Å²) in [4.78, 5) is 5.38. The maximum absolute atomic E-state index is 2.82. The molecule has 4 aliphatic rings. The molecular weight excluding hydrogens is 531 g/mol. The second-order valence-corrected chi connectivity index (χ2v) is 16.7. The van der Waals surface area contributed by atoms with Gasteiger partial charge >= 0.3 is 0 Å². The van der Waals surface area contributed by atoms with E-state index in [-0.39, 0.29) is 28.5 Å². The predicted octanol–water partition coefficient (Wildman–Crippen LogP) is 8.94. The maximum atomic E-state index is 2.82. The number of nitrogens with zero attached hydrogens (tertiary/aromatic N) is 2. The van der Waals surface area contributed by atoms with Crippen LogP contribution in [0.5, 0.6) is 0 Å². The molecule has 2 atom stereocenters. The molecule has 224 valence electrons. The molecule has 3 heterocycles. The minimum absolute atomic E-state index is 0.0585. The van der Waals surface area contributed by atoms with Crippen molar-refractivity contribution in [3.05, 3.63) is 95.1 Å². The second-order valence-electron chi connectivity index (χ2n) is 16.7. The van der Waals surface area contributed by atoms with E-state index in [1.807, 2.05) is 0 Å². The number of hydrogen-bond donors (Lipinski definition) is 0. The molecular formula is C41H47BN2. The fourth-order valence-corrected chi connectivity index (χ4v) is 9.29. The van der Waals surface area contributed by atoms with Crippen LogP contribution in [-0.4, -0.2) is 12.3 Å². The van der Waals surface area contributed by atoms with E-state index < -0.39 is 0 Å². The van der Waals surface area contributed by atoms with Gasteiger partial charge in [-0.2, -0.15) is 0 Å². The highest BCUT2D eigenvalue weighted by Crippen LogP contribution is 2.61. The largest absolute Gasteiger partial charge is 0.335 e. The summed E-state index contributed by atoms with van der Waals surface area (Å²) in [5, 5.41) is 0. The van der Waals surface area contributed by atoms with Crippen molar-refractivity contribution in [3.63, 3.8) is 0 Å². The molecule has 2 nitrogen and oxygen atoms in total. The Morgan fingerprint density at radius 3 is 2.05 bits per heavy atom. The zero-order valence-electron chi connectivity index (χ0n) is 28.2. The van der Waals surface area contributed by atoms with Crippen molar-refractivity contribution in [1.82, 2.24) is 0 Å². The van der Waals surface area contributed by atoms with Crippen LogP contribution >= 0.6 is 0 Å². The standard InChI is InChI=1S/C41H47BN2/c1-26-23-30-37-32(24-26)42-31-25-28(39(5,6)7)17-20-33(31)43(29-18-15-27(16-19-29)38(2,3)4)34-13-12-14-35(36(34)42)44(37)41(9)22-11-10-21-40(30,41)8/h12-20,23-25H,10-11,21-22H2,1-9H3. The van der Waals surface area contributed by atoms with E-state index in [2.05, 4.69) is 145 Å². The van der Waals surface area contributed by atoms with Gasteiger partial charge in [0.05, 0.1) is 5.54 Å². The van der Waals surface area contributed by atoms with Crippen molar-refractivity contribution in [1.29, 1.82) is 0 Å². The summed E-state index contributed by atoms with van der Waals surface area (Å²) in [6, 6.07) is 28.9. The molecule has 1 saturated carbocycles. The number of fused-ring (bicyclic) bond motifs is 7. The van der Waals surface area contributed by atoms with Gasteiger partial charge in [-0.1, -0.05) is 109 Å². The highest BCUT2D eigenvalue weighted by atomic mass is 15.3. The van der Waals surface area contributed by atoms with Crippen molar-refractivity contribution in [2.45, 2.75) is 110 Å². The first-order valence-electron chi connectivity index (χ1n) is 16.9. The predicted molar refractivity (Wildman–Crippen MR) is 191 cm³/mol. The van der Waals surface area contributed by atoms with Gasteiger partial charge in [0.15, 0.2) is 0 Å². The number of aryl methyl sites for hydroxylation is 1. The first-order chi connectivity index (χ1) is 20.7. The maximum Gasteiger partial charge on any atom is 0.252 e. The first-order valence-corrected chi connectivity index (χ1v) is 16.9. The van der Waals surface area contributed by atoms with E-state index in [0.29, 0.717) is 0 Å². The molecule has 4 aromatic carbocycles. The quantitative estimate of drug-likeness (QED) is 0.183. The van der Waals surface area contributed by atoms with Crippen LogP contribution in [-0.2, 0) is 16.2 Å². The van der Waals surface area contributed by atoms with Gasteiger partial charge in [-0.3, -0.25) is 0 Å². The molecule has 0 radical (unpaired) electrons. The van der Waals surface area contributed by atoms with Gasteiger partial charge in [-0.15, -0.1) is 0 Å². The zero-order chi connectivity index (χ0) is 31.0. The van der Waals surface area contributed by atoms with Crippen LogP contribution in [0, 0.1) is 6.92 Å². The molecule has 1 fully saturated rings. The summed E-state index contributed by atoms with van der Waals surface area (Å²) in [5.41, 5.74) is 17.4. The van der Waals surface area contributed by atoms with Crippen molar-refractivity contribution >= 4 is 51.5 Å².